The molecule has 0 saturated heterocycles. The van der Waals surface area contributed by atoms with Crippen LogP contribution in [0, 0.1) is 6.92 Å². The molecule has 0 aliphatic carbocycles. The Labute approximate surface area is 134 Å². The van der Waals surface area contributed by atoms with Crippen molar-refractivity contribution in [2.24, 2.45) is 0 Å². The van der Waals surface area contributed by atoms with E-state index < -0.39 is 0 Å². The normalized spacial score (nSPS) is 10.5. The zero-order valence-corrected chi connectivity index (χ0v) is 13.0. The van der Waals surface area contributed by atoms with Gasteiger partial charge in [-0.1, -0.05) is 30.3 Å². The van der Waals surface area contributed by atoms with Crippen molar-refractivity contribution in [1.29, 1.82) is 0 Å². The van der Waals surface area contributed by atoms with Gasteiger partial charge in [0.1, 0.15) is 11.5 Å². The van der Waals surface area contributed by atoms with Crippen LogP contribution in [-0.2, 0) is 0 Å². The number of nitrogens with zero attached hydrogens (tertiary/aromatic N) is 1. The molecule has 0 spiro atoms. The van der Waals surface area contributed by atoms with E-state index in [0.717, 1.165) is 5.69 Å². The minimum atomic E-state index is -0.251. The van der Waals surface area contributed by atoms with Crippen LogP contribution in [0.2, 0.25) is 0 Å². The van der Waals surface area contributed by atoms with Crippen molar-refractivity contribution in [1.82, 2.24) is 4.57 Å². The van der Waals surface area contributed by atoms with E-state index in [1.54, 1.807) is 48.9 Å². The first-order chi connectivity index (χ1) is 11.1. The van der Waals surface area contributed by atoms with Gasteiger partial charge in [0.2, 0.25) is 0 Å². The lowest BCUT2D eigenvalue weighted by Crippen LogP contribution is -2.22. The number of methoxy groups -OCH3 is 1. The number of hydrogen-bond donors (Lipinski definition) is 1. The molecular formula is C19H17NO3. The number of ether oxygens (including phenoxy) is 1. The van der Waals surface area contributed by atoms with Gasteiger partial charge in [0, 0.05) is 17.4 Å². The fourth-order valence-electron chi connectivity index (χ4n) is 2.64. The van der Waals surface area contributed by atoms with Crippen LogP contribution in [0.1, 0.15) is 5.69 Å². The summed E-state index contributed by atoms with van der Waals surface area (Å²) in [6, 6.07) is 18.0. The fraction of sp³-hybridized carbons (Fsp3) is 0.105. The predicted octanol–water partition coefficient (Wildman–Crippen LogP) is 3.53. The van der Waals surface area contributed by atoms with E-state index in [-0.39, 0.29) is 16.9 Å². The van der Waals surface area contributed by atoms with E-state index >= 15 is 0 Å². The number of rotatable bonds is 3. The molecule has 1 N–H and O–H groups in total. The highest BCUT2D eigenvalue weighted by molar-refractivity contribution is 5.70. The molecule has 0 atom stereocenters. The third kappa shape index (κ3) is 2.71. The number of hydrogen-bond acceptors (Lipinski definition) is 3. The molecule has 0 fully saturated rings. The molecule has 2 aromatic carbocycles. The lowest BCUT2D eigenvalue weighted by atomic mass is 10.1. The van der Waals surface area contributed by atoms with Crippen LogP contribution < -0.4 is 10.3 Å². The van der Waals surface area contributed by atoms with Crippen LogP contribution in [0.25, 0.3) is 16.8 Å². The summed E-state index contributed by atoms with van der Waals surface area (Å²) >= 11 is 0. The molecule has 4 heteroatoms. The summed E-state index contributed by atoms with van der Waals surface area (Å²) < 4.78 is 6.73. The molecule has 0 aliphatic rings. The van der Waals surface area contributed by atoms with Gasteiger partial charge < -0.3 is 9.84 Å². The van der Waals surface area contributed by atoms with E-state index in [9.17, 15) is 9.90 Å². The van der Waals surface area contributed by atoms with E-state index in [2.05, 4.69) is 0 Å². The highest BCUT2D eigenvalue weighted by atomic mass is 16.5. The molecule has 1 aromatic heterocycles. The molecule has 4 nitrogen and oxygen atoms in total. The number of aromatic hydroxyl groups is 1. The second-order valence-electron chi connectivity index (χ2n) is 5.25. The number of aryl methyl sites for hydroxylation is 1. The average Bonchev–Trinajstić information content (AvgIpc) is 2.56. The third-order valence-corrected chi connectivity index (χ3v) is 3.76. The van der Waals surface area contributed by atoms with Crippen molar-refractivity contribution >= 4 is 0 Å². The van der Waals surface area contributed by atoms with Gasteiger partial charge in [-0.2, -0.15) is 0 Å². The van der Waals surface area contributed by atoms with Gasteiger partial charge in [0.25, 0.3) is 5.56 Å². The molecule has 0 radical (unpaired) electrons. The van der Waals surface area contributed by atoms with Gasteiger partial charge in [-0.15, -0.1) is 0 Å². The smallest absolute Gasteiger partial charge is 0.266 e. The molecule has 0 aliphatic heterocycles. The SMILES string of the molecule is COc1ccc(-c2c(O)cc(C)n(-c3ccccc3)c2=O)cc1. The molecular weight excluding hydrogens is 290 g/mol. The largest absolute Gasteiger partial charge is 0.507 e. The highest BCUT2D eigenvalue weighted by Gasteiger charge is 2.15. The Balaban J connectivity index is 2.23. The summed E-state index contributed by atoms with van der Waals surface area (Å²) in [5.74, 6) is 0.675. The maximum absolute atomic E-state index is 12.9. The number of para-hydroxylation sites is 1. The standard InChI is InChI=1S/C19H17NO3/c1-13-12-17(21)18(14-8-10-16(23-2)11-9-14)19(22)20(13)15-6-4-3-5-7-15/h3-12,21H,1-2H3. The van der Waals surface area contributed by atoms with Gasteiger partial charge in [-0.3, -0.25) is 9.36 Å². The molecule has 23 heavy (non-hydrogen) atoms. The fourth-order valence-corrected chi connectivity index (χ4v) is 2.64. The zero-order chi connectivity index (χ0) is 16.4. The lowest BCUT2D eigenvalue weighted by Gasteiger charge is -2.14. The van der Waals surface area contributed by atoms with Crippen molar-refractivity contribution in [3.63, 3.8) is 0 Å². The van der Waals surface area contributed by atoms with E-state index in [1.807, 2.05) is 30.3 Å². The van der Waals surface area contributed by atoms with Gasteiger partial charge in [0.15, 0.2) is 0 Å². The van der Waals surface area contributed by atoms with Crippen LogP contribution in [0.15, 0.2) is 65.5 Å². The molecule has 1 heterocycles. The average molecular weight is 307 g/mol. The summed E-state index contributed by atoms with van der Waals surface area (Å²) in [5, 5.41) is 10.3. The lowest BCUT2D eigenvalue weighted by molar-refractivity contribution is 0.415. The summed E-state index contributed by atoms with van der Waals surface area (Å²) in [7, 11) is 1.58. The third-order valence-electron chi connectivity index (χ3n) is 3.76. The van der Waals surface area contributed by atoms with E-state index in [0.29, 0.717) is 17.0 Å². The Morgan fingerprint density at radius 1 is 1.00 bits per heavy atom. The molecule has 0 bridgehead atoms. The molecule has 0 saturated carbocycles. The maximum Gasteiger partial charge on any atom is 0.266 e. The quantitative estimate of drug-likeness (QED) is 0.805. The van der Waals surface area contributed by atoms with Crippen molar-refractivity contribution in [3.8, 4) is 28.3 Å². The maximum atomic E-state index is 12.9. The highest BCUT2D eigenvalue weighted by Crippen LogP contribution is 2.28. The minimum absolute atomic E-state index is 0.0233. The minimum Gasteiger partial charge on any atom is -0.507 e. The molecule has 0 unspecified atom stereocenters. The van der Waals surface area contributed by atoms with Crippen molar-refractivity contribution < 1.29 is 9.84 Å². The van der Waals surface area contributed by atoms with E-state index in [1.165, 1.54) is 0 Å². The Bertz CT molecular complexity index is 881. The summed E-state index contributed by atoms with van der Waals surface area (Å²) in [5.41, 5.74) is 2.12. The predicted molar refractivity (Wildman–Crippen MR) is 90.4 cm³/mol. The van der Waals surface area contributed by atoms with Gasteiger partial charge in [0.05, 0.1) is 12.7 Å². The van der Waals surface area contributed by atoms with Crippen LogP contribution in [0.3, 0.4) is 0 Å². The topological polar surface area (TPSA) is 51.5 Å². The Morgan fingerprint density at radius 3 is 2.26 bits per heavy atom. The van der Waals surface area contributed by atoms with E-state index in [4.69, 9.17) is 4.74 Å². The Morgan fingerprint density at radius 2 is 1.65 bits per heavy atom. The monoisotopic (exact) mass is 307 g/mol. The van der Waals surface area contributed by atoms with Gasteiger partial charge in [-0.05, 0) is 36.8 Å². The summed E-state index contributed by atoms with van der Waals surface area (Å²) in [4.78, 5) is 12.9. The van der Waals surface area contributed by atoms with Crippen LogP contribution in [-0.4, -0.2) is 16.8 Å². The van der Waals surface area contributed by atoms with Crippen molar-refractivity contribution in [2.45, 2.75) is 6.92 Å². The van der Waals surface area contributed by atoms with Crippen molar-refractivity contribution in [3.05, 3.63) is 76.7 Å². The van der Waals surface area contributed by atoms with Crippen LogP contribution >= 0.6 is 0 Å². The molecule has 0 amide bonds. The first-order valence-electron chi connectivity index (χ1n) is 7.27. The van der Waals surface area contributed by atoms with Crippen molar-refractivity contribution in [2.75, 3.05) is 7.11 Å². The van der Waals surface area contributed by atoms with Crippen LogP contribution in [0.4, 0.5) is 0 Å². The van der Waals surface area contributed by atoms with Gasteiger partial charge in [-0.25, -0.2) is 0 Å². The first kappa shape index (κ1) is 14.9. The summed E-state index contributed by atoms with van der Waals surface area (Å²) in [6.45, 7) is 1.80. The number of benzene rings is 2. The number of pyridine rings is 1. The Kier molecular flexibility index (Phi) is 3.89. The molecule has 3 aromatic rings. The summed E-state index contributed by atoms with van der Waals surface area (Å²) in [6.07, 6.45) is 0. The second kappa shape index (κ2) is 6.01. The molecule has 3 rings (SSSR count). The Hall–Kier alpha value is -3.01. The number of aromatic nitrogens is 1. The zero-order valence-electron chi connectivity index (χ0n) is 13.0. The van der Waals surface area contributed by atoms with Gasteiger partial charge >= 0.3 is 0 Å². The van der Waals surface area contributed by atoms with Crippen LogP contribution in [0.5, 0.6) is 11.5 Å². The molecule has 116 valence electrons. The first-order valence-corrected chi connectivity index (χ1v) is 7.27. The second-order valence-corrected chi connectivity index (χ2v) is 5.25.